The van der Waals surface area contributed by atoms with Crippen molar-refractivity contribution >= 4 is 33.6 Å². The Morgan fingerprint density at radius 1 is 0.935 bits per heavy atom. The summed E-state index contributed by atoms with van der Waals surface area (Å²) in [6, 6.07) is 15.9. The van der Waals surface area contributed by atoms with Gasteiger partial charge in [-0.15, -0.1) is 0 Å². The van der Waals surface area contributed by atoms with Gasteiger partial charge in [-0.1, -0.05) is 53.7 Å². The second kappa shape index (κ2) is 7.32. The van der Waals surface area contributed by atoms with Gasteiger partial charge in [-0.3, -0.25) is 14.5 Å². The Kier molecular flexibility index (Phi) is 4.84. The van der Waals surface area contributed by atoms with E-state index >= 15 is 0 Å². The molecule has 6 nitrogen and oxygen atoms in total. The highest BCUT2D eigenvalue weighted by atomic mass is 32.2. The molecule has 0 unspecified atom stereocenters. The number of hydrogen-bond donors (Lipinski definition) is 0. The van der Waals surface area contributed by atoms with E-state index in [2.05, 4.69) is 0 Å². The molecule has 2 aromatic rings. The number of fused-ring (bicyclic) bond motifs is 1. The predicted octanol–water partition coefficient (Wildman–Crippen LogP) is 2.90. The van der Waals surface area contributed by atoms with Gasteiger partial charge >= 0.3 is 0 Å². The Hall–Kier alpha value is -2.42. The number of rotatable bonds is 4. The van der Waals surface area contributed by atoms with Crippen LogP contribution in [0.5, 0.6) is 0 Å². The number of thioether (sulfide) groups is 1. The Bertz CT molecular complexity index is 1190. The van der Waals surface area contributed by atoms with Gasteiger partial charge in [-0.05, 0) is 36.1 Å². The average molecular weight is 455 g/mol. The maximum absolute atomic E-state index is 13.5. The second-order valence-corrected chi connectivity index (χ2v) is 11.3. The number of sulfonamides is 1. The van der Waals surface area contributed by atoms with Gasteiger partial charge in [0.1, 0.15) is 0 Å². The van der Waals surface area contributed by atoms with E-state index in [9.17, 15) is 18.0 Å². The van der Waals surface area contributed by atoms with Crippen LogP contribution < -0.4 is 0 Å². The van der Waals surface area contributed by atoms with Crippen molar-refractivity contribution in [3.8, 4) is 0 Å². The van der Waals surface area contributed by atoms with E-state index < -0.39 is 27.9 Å². The Balaban J connectivity index is 1.57. The smallest absolute Gasteiger partial charge is 0.243 e. The van der Waals surface area contributed by atoms with Gasteiger partial charge in [0.25, 0.3) is 0 Å². The zero-order valence-electron chi connectivity index (χ0n) is 17.1. The fourth-order valence-electron chi connectivity index (χ4n) is 4.84. The molecule has 0 aromatic heterocycles. The number of hydrogen-bond acceptors (Lipinski definition) is 5. The lowest BCUT2D eigenvalue weighted by molar-refractivity contribution is -0.138. The summed E-state index contributed by atoms with van der Waals surface area (Å²) in [5.41, 5.74) is 0.971. The topological polar surface area (TPSA) is 74.8 Å². The fraction of sp³-hybridized carbons (Fsp3) is 0.304. The quantitative estimate of drug-likeness (QED) is 0.664. The Morgan fingerprint density at radius 3 is 2.26 bits per heavy atom. The third-order valence-electron chi connectivity index (χ3n) is 6.44. The molecule has 3 aliphatic heterocycles. The summed E-state index contributed by atoms with van der Waals surface area (Å²) < 4.78 is 28.4. The van der Waals surface area contributed by atoms with Crippen molar-refractivity contribution in [1.82, 2.24) is 9.21 Å². The summed E-state index contributed by atoms with van der Waals surface area (Å²) in [6.07, 6.45) is 1.89. The molecule has 0 radical (unpaired) electrons. The van der Waals surface area contributed by atoms with E-state index in [1.54, 1.807) is 36.0 Å². The molecule has 0 saturated carbocycles. The summed E-state index contributed by atoms with van der Waals surface area (Å²) in [5.74, 6) is -2.04. The van der Waals surface area contributed by atoms with E-state index in [4.69, 9.17) is 0 Å². The normalized spacial score (nSPS) is 28.1. The molecule has 2 aromatic carbocycles. The molecule has 3 heterocycles. The number of aryl methyl sites for hydroxylation is 1. The molecule has 2 fully saturated rings. The Morgan fingerprint density at radius 2 is 1.58 bits per heavy atom. The van der Waals surface area contributed by atoms with Crippen LogP contribution in [-0.4, -0.2) is 49.1 Å². The highest BCUT2D eigenvalue weighted by Gasteiger charge is 2.61. The van der Waals surface area contributed by atoms with Crippen molar-refractivity contribution in [3.63, 3.8) is 0 Å². The molecule has 0 N–H and O–H groups in total. The SMILES string of the molecule is Cc1ccc(S(=O)(=O)N2C[C@H]3C(Sc4ccccc4)=C[C@@H]2[C@@H]2C(=O)N(C)C(=O)[C@@H]23)cc1. The van der Waals surface area contributed by atoms with Gasteiger partial charge in [0.15, 0.2) is 0 Å². The number of imide groups is 1. The first-order valence-electron chi connectivity index (χ1n) is 10.1. The summed E-state index contributed by atoms with van der Waals surface area (Å²) in [5, 5.41) is 0. The van der Waals surface area contributed by atoms with Crippen LogP contribution in [-0.2, 0) is 19.6 Å². The number of likely N-dealkylation sites (tertiary alicyclic amines) is 1. The van der Waals surface area contributed by atoms with Gasteiger partial charge in [0.05, 0.1) is 22.8 Å². The van der Waals surface area contributed by atoms with Crippen LogP contribution in [0.2, 0.25) is 0 Å². The largest absolute Gasteiger partial charge is 0.285 e. The van der Waals surface area contributed by atoms with Crippen LogP contribution >= 0.6 is 11.8 Å². The van der Waals surface area contributed by atoms with Crippen LogP contribution in [0.15, 0.2) is 75.4 Å². The molecule has 0 spiro atoms. The first-order valence-corrected chi connectivity index (χ1v) is 12.4. The highest BCUT2D eigenvalue weighted by molar-refractivity contribution is 8.03. The molecule has 2 saturated heterocycles. The molecule has 1 aliphatic carbocycles. The van der Waals surface area contributed by atoms with Gasteiger partial charge in [0.2, 0.25) is 21.8 Å². The van der Waals surface area contributed by atoms with E-state index in [1.807, 2.05) is 43.3 Å². The molecule has 2 amide bonds. The van der Waals surface area contributed by atoms with Crippen molar-refractivity contribution in [2.24, 2.45) is 17.8 Å². The minimum Gasteiger partial charge on any atom is -0.285 e. The zero-order valence-corrected chi connectivity index (χ0v) is 18.8. The summed E-state index contributed by atoms with van der Waals surface area (Å²) in [4.78, 5) is 29.2. The zero-order chi connectivity index (χ0) is 21.9. The number of carbonyl (C=O) groups is 2. The van der Waals surface area contributed by atoms with Gasteiger partial charge < -0.3 is 0 Å². The lowest BCUT2D eigenvalue weighted by atomic mass is 9.71. The van der Waals surface area contributed by atoms with E-state index in [0.717, 1.165) is 15.4 Å². The standard InChI is InChI=1S/C23H22N2O4S2/c1-14-8-10-16(11-9-14)31(28,29)25-13-17-19(30-15-6-4-3-5-7-15)12-18(25)21-20(17)22(26)24(2)23(21)27/h3-12,17-18,20-21H,13H2,1-2H3/t17-,18+,20+,21-/m0/s1. The minimum absolute atomic E-state index is 0.195. The van der Waals surface area contributed by atoms with Gasteiger partial charge in [-0.2, -0.15) is 4.31 Å². The maximum Gasteiger partial charge on any atom is 0.243 e. The number of carbonyl (C=O) groups excluding carboxylic acids is 2. The highest BCUT2D eigenvalue weighted by Crippen LogP contribution is 2.52. The predicted molar refractivity (Wildman–Crippen MR) is 117 cm³/mol. The van der Waals surface area contributed by atoms with Crippen molar-refractivity contribution in [1.29, 1.82) is 0 Å². The van der Waals surface area contributed by atoms with Gasteiger partial charge in [0, 0.05) is 24.4 Å². The second-order valence-electron chi connectivity index (χ2n) is 8.26. The summed E-state index contributed by atoms with van der Waals surface area (Å²) in [7, 11) is -2.31. The fourth-order valence-corrected chi connectivity index (χ4v) is 7.60. The molecule has 31 heavy (non-hydrogen) atoms. The van der Waals surface area contributed by atoms with Crippen molar-refractivity contribution in [2.45, 2.75) is 22.8 Å². The lowest BCUT2D eigenvalue weighted by Crippen LogP contribution is -2.58. The maximum atomic E-state index is 13.5. The molecule has 6 rings (SSSR count). The third-order valence-corrected chi connectivity index (χ3v) is 9.50. The van der Waals surface area contributed by atoms with Crippen LogP contribution in [0.4, 0.5) is 0 Å². The van der Waals surface area contributed by atoms with Crippen molar-refractivity contribution < 1.29 is 18.0 Å². The Labute approximate surface area is 186 Å². The first-order chi connectivity index (χ1) is 14.8. The first kappa shape index (κ1) is 20.5. The molecule has 4 aliphatic rings. The lowest BCUT2D eigenvalue weighted by Gasteiger charge is -2.48. The van der Waals surface area contributed by atoms with Crippen LogP contribution in [0.3, 0.4) is 0 Å². The molecule has 4 atom stereocenters. The number of piperidine rings is 1. The molecule has 8 heteroatoms. The van der Waals surface area contributed by atoms with E-state index in [1.165, 1.54) is 16.3 Å². The molecule has 2 bridgehead atoms. The summed E-state index contributed by atoms with van der Waals surface area (Å²) in [6.45, 7) is 2.10. The minimum atomic E-state index is -3.81. The van der Waals surface area contributed by atoms with Crippen molar-refractivity contribution in [3.05, 3.63) is 71.1 Å². The number of nitrogens with zero attached hydrogens (tertiary/aromatic N) is 2. The van der Waals surface area contributed by atoms with Gasteiger partial charge in [-0.25, -0.2) is 8.42 Å². The van der Waals surface area contributed by atoms with Crippen LogP contribution in [0.1, 0.15) is 5.56 Å². The van der Waals surface area contributed by atoms with Crippen LogP contribution in [0.25, 0.3) is 0 Å². The average Bonchev–Trinajstić information content (AvgIpc) is 3.00. The molecular weight excluding hydrogens is 432 g/mol. The van der Waals surface area contributed by atoms with Crippen LogP contribution in [0, 0.1) is 24.7 Å². The van der Waals surface area contributed by atoms with Crippen molar-refractivity contribution in [2.75, 3.05) is 13.6 Å². The monoisotopic (exact) mass is 454 g/mol. The summed E-state index contributed by atoms with van der Waals surface area (Å²) >= 11 is 1.55. The molecular formula is C23H22N2O4S2. The number of benzene rings is 2. The number of amides is 2. The molecule has 160 valence electrons. The van der Waals surface area contributed by atoms with E-state index in [-0.39, 0.29) is 29.2 Å². The van der Waals surface area contributed by atoms with E-state index in [0.29, 0.717) is 0 Å². The third kappa shape index (κ3) is 3.16.